The van der Waals surface area contributed by atoms with Crippen LogP contribution in [0.2, 0.25) is 0 Å². The van der Waals surface area contributed by atoms with E-state index in [9.17, 15) is 37.6 Å². The van der Waals surface area contributed by atoms with Crippen molar-refractivity contribution in [1.29, 1.82) is 0 Å². The molecule has 50 heavy (non-hydrogen) atoms. The summed E-state index contributed by atoms with van der Waals surface area (Å²) in [5.74, 6) is -3.92. The first-order chi connectivity index (χ1) is 23.5. The molecule has 17 nitrogen and oxygen atoms in total. The van der Waals surface area contributed by atoms with Crippen molar-refractivity contribution < 1.29 is 56.0 Å². The second kappa shape index (κ2) is 14.4. The van der Waals surface area contributed by atoms with E-state index in [-0.39, 0.29) is 10.8 Å². The molecule has 2 saturated heterocycles. The van der Waals surface area contributed by atoms with E-state index in [2.05, 4.69) is 19.7 Å². The van der Waals surface area contributed by atoms with E-state index in [1.807, 2.05) is 42.1 Å². The van der Waals surface area contributed by atoms with Crippen molar-refractivity contribution in [3.05, 3.63) is 59.4 Å². The van der Waals surface area contributed by atoms with Crippen molar-refractivity contribution >= 4 is 50.2 Å². The average Bonchev–Trinajstić information content (AvgIpc) is 3.47. The summed E-state index contributed by atoms with van der Waals surface area (Å²) in [4.78, 5) is 47.2. The predicted octanol–water partition coefficient (Wildman–Crippen LogP) is 0.325. The minimum absolute atomic E-state index is 0.0348. The maximum Gasteiger partial charge on any atom is 0.351 e. The Morgan fingerprint density at radius 2 is 1.90 bits per heavy atom. The van der Waals surface area contributed by atoms with Gasteiger partial charge < -0.3 is 35.4 Å². The number of aliphatic carboxylic acids is 1. The molecule has 2 aliphatic heterocycles. The van der Waals surface area contributed by atoms with Gasteiger partial charge in [-0.1, -0.05) is 17.3 Å². The molecule has 0 bridgehead atoms. The fourth-order valence-electron chi connectivity index (χ4n) is 5.48. The zero-order chi connectivity index (χ0) is 36.4. The predicted molar refractivity (Wildman–Crippen MR) is 175 cm³/mol. The molecule has 0 radical (unpaired) electrons. The number of hydrogen-bond acceptors (Lipinski definition) is 15. The van der Waals surface area contributed by atoms with E-state index in [4.69, 9.17) is 15.3 Å². The topological polar surface area (TPSA) is 247 Å². The van der Waals surface area contributed by atoms with Crippen LogP contribution < -0.4 is 20.4 Å². The van der Waals surface area contributed by atoms with E-state index in [1.165, 1.54) is 19.2 Å². The number of hydroxylamine groups is 2. The number of carbonyl (C=O) groups excluding carboxylic acids is 2. The minimum Gasteiger partial charge on any atom is -0.724 e. The number of pyridine rings is 1. The summed E-state index contributed by atoms with van der Waals surface area (Å²) in [6.45, 7) is 3.50. The molecule has 0 saturated carbocycles. The SMILES string of the molecule is C[n+]1cc(-c2ccc(OCC(O/N=C(\C(=O)C[C@@H]3C(=O)N(OS(=O)(=O)[O-])C3(C)C)c3csc(N)n3)C(=O)O)cc2)ccc1CCC1(O)CNC1. The highest BCUT2D eigenvalue weighted by atomic mass is 32.3. The number of hydrogen-bond donors (Lipinski definition) is 4. The van der Waals surface area contributed by atoms with Crippen molar-refractivity contribution in [3.63, 3.8) is 0 Å². The number of oxime groups is 1. The first-order valence-electron chi connectivity index (χ1n) is 15.3. The number of β-amino-alcohol motifs (C(OH)–C–C–N with tert-alkyl or cyclic N) is 1. The number of nitrogens with zero attached hydrogens (tertiary/aromatic N) is 4. The van der Waals surface area contributed by atoms with E-state index in [0.717, 1.165) is 34.6 Å². The molecule has 4 heterocycles. The molecule has 1 amide bonds. The molecular formula is C31H36N6O11S2. The normalized spacial score (nSPS) is 18.9. The van der Waals surface area contributed by atoms with Gasteiger partial charge in [-0.3, -0.25) is 9.59 Å². The van der Waals surface area contributed by atoms with Gasteiger partial charge in [0, 0.05) is 42.9 Å². The summed E-state index contributed by atoms with van der Waals surface area (Å²) in [7, 11) is -3.30. The maximum absolute atomic E-state index is 13.3. The quantitative estimate of drug-likeness (QED) is 0.0387. The van der Waals surface area contributed by atoms with Gasteiger partial charge in [-0.25, -0.2) is 22.8 Å². The van der Waals surface area contributed by atoms with Crippen LogP contribution in [0, 0.1) is 5.92 Å². The van der Waals surface area contributed by atoms with Crippen LogP contribution in [-0.4, -0.2) is 93.5 Å². The fourth-order valence-corrected chi connectivity index (χ4v) is 6.48. The van der Waals surface area contributed by atoms with Gasteiger partial charge in [0.2, 0.25) is 10.4 Å². The molecule has 1 aromatic carbocycles. The first-order valence-corrected chi connectivity index (χ1v) is 17.5. The monoisotopic (exact) mass is 732 g/mol. The lowest BCUT2D eigenvalue weighted by molar-refractivity contribution is -0.678. The number of ether oxygens (including phenoxy) is 1. The van der Waals surface area contributed by atoms with Crippen molar-refractivity contribution in [3.8, 4) is 16.9 Å². The lowest BCUT2D eigenvalue weighted by atomic mass is 9.74. The third kappa shape index (κ3) is 8.42. The van der Waals surface area contributed by atoms with Crippen LogP contribution in [0.4, 0.5) is 5.13 Å². The molecular weight excluding hydrogens is 697 g/mol. The third-order valence-corrected chi connectivity index (χ3v) is 9.60. The van der Waals surface area contributed by atoms with E-state index >= 15 is 0 Å². The van der Waals surface area contributed by atoms with Crippen molar-refractivity contribution in [2.45, 2.75) is 50.4 Å². The third-order valence-electron chi connectivity index (χ3n) is 8.59. The Morgan fingerprint density at radius 1 is 1.22 bits per heavy atom. The second-order valence-electron chi connectivity index (χ2n) is 12.6. The molecule has 3 aromatic rings. The van der Waals surface area contributed by atoms with Gasteiger partial charge in [0.15, 0.2) is 28.5 Å². The number of amides is 1. The zero-order valence-corrected chi connectivity index (χ0v) is 28.9. The number of carbonyl (C=O) groups is 3. The molecule has 1 unspecified atom stereocenters. The number of nitrogens with one attached hydrogen (secondary N) is 1. The van der Waals surface area contributed by atoms with Crippen LogP contribution in [0.3, 0.4) is 0 Å². The summed E-state index contributed by atoms with van der Waals surface area (Å²) in [6.07, 6.45) is 1.19. The highest BCUT2D eigenvalue weighted by Crippen LogP contribution is 2.40. The molecule has 5 rings (SSSR count). The number of ketones is 1. The fraction of sp³-hybridized carbons (Fsp3) is 0.419. The Kier molecular flexibility index (Phi) is 10.6. The minimum atomic E-state index is -5.24. The van der Waals surface area contributed by atoms with Crippen LogP contribution in [-0.2, 0) is 47.4 Å². The summed E-state index contributed by atoms with van der Waals surface area (Å²) in [5.41, 5.74) is 6.15. The summed E-state index contributed by atoms with van der Waals surface area (Å²) < 4.78 is 45.0. The van der Waals surface area contributed by atoms with E-state index in [1.54, 1.807) is 12.1 Å². The molecule has 0 aliphatic carbocycles. The van der Waals surface area contributed by atoms with E-state index in [0.29, 0.717) is 30.3 Å². The Balaban J connectivity index is 1.22. The number of rotatable bonds is 16. The standard InChI is InChI=1S/C31H36N6O11S2/c1-30(2)22(27(39)37(30)48-50(43,44)45)12-24(38)26(23-15-49-29(32)34-23)35-47-25(28(40)41)14-46-21-8-5-18(6-9-21)19-4-7-20(36(3)13-19)10-11-31(42)16-33-17-31/h4-9,13,15,22,25,33,42H,10-12,14,16-17H2,1-3H3,(H3-,32,34,40,41,43,44,45)/b35-26-/t22-,25?/m1/s1. The van der Waals surface area contributed by atoms with Gasteiger partial charge in [-0.15, -0.1) is 11.3 Å². The maximum atomic E-state index is 13.3. The van der Waals surface area contributed by atoms with Crippen molar-refractivity contribution in [2.75, 3.05) is 25.4 Å². The van der Waals surface area contributed by atoms with Crippen LogP contribution in [0.5, 0.6) is 5.75 Å². The smallest absolute Gasteiger partial charge is 0.351 e. The Bertz CT molecular complexity index is 1910. The van der Waals surface area contributed by atoms with Gasteiger partial charge in [0.25, 0.3) is 12.0 Å². The van der Waals surface area contributed by atoms with Crippen LogP contribution in [0.25, 0.3) is 11.1 Å². The Labute approximate surface area is 291 Å². The lowest BCUT2D eigenvalue weighted by Gasteiger charge is -2.51. The summed E-state index contributed by atoms with van der Waals surface area (Å²) >= 11 is 0.979. The number of aryl methyl sites for hydroxylation is 2. The molecule has 2 aliphatic rings. The number of Topliss-reactive ketones (excluding diaryl/α,β-unsaturated/α-hetero) is 1. The number of aliphatic hydroxyl groups is 1. The number of benzene rings is 1. The number of carboxylic acid groups (broad SMARTS) is 1. The number of thiazole rings is 1. The van der Waals surface area contributed by atoms with Crippen molar-refractivity contribution in [1.82, 2.24) is 15.4 Å². The van der Waals surface area contributed by atoms with Gasteiger partial charge in [0.05, 0.1) is 17.1 Å². The van der Waals surface area contributed by atoms with E-state index < -0.39 is 70.0 Å². The lowest BCUT2D eigenvalue weighted by Crippen LogP contribution is -2.68. The number of nitrogen functional groups attached to an aromatic ring is 1. The number of carboxylic acids is 1. The highest BCUT2D eigenvalue weighted by molar-refractivity contribution is 7.80. The Morgan fingerprint density at radius 3 is 2.44 bits per heavy atom. The average molecular weight is 733 g/mol. The van der Waals surface area contributed by atoms with Crippen LogP contribution >= 0.6 is 11.3 Å². The number of anilines is 1. The van der Waals surface area contributed by atoms with Crippen LogP contribution in [0.1, 0.15) is 38.1 Å². The van der Waals surface area contributed by atoms with Crippen molar-refractivity contribution in [2.24, 2.45) is 18.1 Å². The molecule has 19 heteroatoms. The van der Waals surface area contributed by atoms with Gasteiger partial charge in [0.1, 0.15) is 25.1 Å². The molecule has 0 spiro atoms. The number of nitrogens with two attached hydrogens (primary N) is 1. The number of aromatic nitrogens is 2. The molecule has 2 aromatic heterocycles. The highest BCUT2D eigenvalue weighted by Gasteiger charge is 2.57. The van der Waals surface area contributed by atoms with Gasteiger partial charge in [-0.05, 0) is 44.0 Å². The largest absolute Gasteiger partial charge is 0.724 e. The Hall–Kier alpha value is -4.53. The molecule has 2 atom stereocenters. The van der Waals surface area contributed by atoms with Gasteiger partial charge >= 0.3 is 5.97 Å². The molecule has 5 N–H and O–H groups in total. The zero-order valence-electron chi connectivity index (χ0n) is 27.3. The second-order valence-corrected chi connectivity index (χ2v) is 14.4. The summed E-state index contributed by atoms with van der Waals surface area (Å²) in [6, 6.07) is 11.0. The molecule has 268 valence electrons. The summed E-state index contributed by atoms with van der Waals surface area (Å²) in [5, 5.41) is 28.9. The van der Waals surface area contributed by atoms with Gasteiger partial charge in [-0.2, -0.15) is 9.35 Å². The molecule has 2 fully saturated rings. The number of β-lactam (4-membered cyclic amide) rings is 1. The van der Waals surface area contributed by atoms with Crippen LogP contribution in [0.15, 0.2) is 53.1 Å². The first kappa shape index (κ1) is 36.7.